The summed E-state index contributed by atoms with van der Waals surface area (Å²) in [6, 6.07) is 27.4. The van der Waals surface area contributed by atoms with Gasteiger partial charge in [0.2, 0.25) is 11.8 Å². The lowest BCUT2D eigenvalue weighted by molar-refractivity contribution is -0.759. The molecule has 7 aromatic rings. The molecule has 1 aliphatic heterocycles. The average Bonchev–Trinajstić information content (AvgIpc) is 3.71. The van der Waals surface area contributed by atoms with Crippen LogP contribution in [0.3, 0.4) is 0 Å². The van der Waals surface area contributed by atoms with Crippen molar-refractivity contribution in [3.05, 3.63) is 115 Å². The standard InChI is InChI=1S/C41H37N7O5S2/c1-51-30-9-11-32-34(22-30)54-40(43-32)45-37(49)20-26-4-7-28(8-5-26)29-14-17-47(18-15-29)39-25-48(16-3-19-53-39)36-13-6-27(24-42-36)21-38(50)46-41-44-33-12-10-31(52-2)23-35(33)55-41/h4-15,17-18,22-24,39H,3,16,19-21,25H2,1-2H3,(H-,43,44,45,46,49,50)/p+1. The zero-order valence-electron chi connectivity index (χ0n) is 30.2. The van der Waals surface area contributed by atoms with Gasteiger partial charge in [0, 0.05) is 24.9 Å². The number of carbonyl (C=O) groups excluding carboxylic acids is 2. The minimum absolute atomic E-state index is 0.116. The lowest BCUT2D eigenvalue weighted by Gasteiger charge is -2.22. The first-order valence-corrected chi connectivity index (χ1v) is 19.4. The molecule has 5 heterocycles. The summed E-state index contributed by atoms with van der Waals surface area (Å²) in [5.74, 6) is 2.09. The summed E-state index contributed by atoms with van der Waals surface area (Å²) in [5, 5.41) is 6.97. The van der Waals surface area contributed by atoms with Gasteiger partial charge in [0.1, 0.15) is 23.9 Å². The van der Waals surface area contributed by atoms with Crippen LogP contribution in [0.25, 0.3) is 31.6 Å². The van der Waals surface area contributed by atoms with E-state index < -0.39 is 0 Å². The highest BCUT2D eigenvalue weighted by atomic mass is 32.1. The van der Waals surface area contributed by atoms with Gasteiger partial charge in [-0.15, -0.1) is 0 Å². The molecule has 0 bridgehead atoms. The Balaban J connectivity index is 0.847. The minimum atomic E-state index is -0.198. The van der Waals surface area contributed by atoms with E-state index >= 15 is 0 Å². The molecule has 55 heavy (non-hydrogen) atoms. The zero-order chi connectivity index (χ0) is 37.7. The van der Waals surface area contributed by atoms with Crippen molar-refractivity contribution in [2.75, 3.05) is 49.4 Å². The Morgan fingerprint density at radius 2 is 1.36 bits per heavy atom. The monoisotopic (exact) mass is 772 g/mol. The number of hydrogen-bond donors (Lipinski definition) is 2. The SMILES string of the molecule is COc1ccc2nc(NC(=O)Cc3ccc(-c4cc[n+](C5CN(c6ccc(CC(=O)Nc7nc8ccc(OC)cc8s7)cn6)CCCO5)cc4)cc3)sc2c1. The van der Waals surface area contributed by atoms with Gasteiger partial charge in [-0.2, -0.15) is 4.57 Å². The van der Waals surface area contributed by atoms with Crippen LogP contribution in [0, 0.1) is 0 Å². The predicted molar refractivity (Wildman–Crippen MR) is 215 cm³/mol. The summed E-state index contributed by atoms with van der Waals surface area (Å²) in [5.41, 5.74) is 5.49. The topological polar surface area (TPSA) is 132 Å². The molecule has 1 atom stereocenters. The fraction of sp³-hybridized carbons (Fsp3) is 0.220. The van der Waals surface area contributed by atoms with E-state index in [4.69, 9.17) is 19.2 Å². The number of rotatable bonds is 11. The van der Waals surface area contributed by atoms with E-state index in [0.29, 0.717) is 23.4 Å². The lowest BCUT2D eigenvalue weighted by atomic mass is 10.0. The number of fused-ring (bicyclic) bond motifs is 2. The quantitative estimate of drug-likeness (QED) is 0.133. The third-order valence-electron chi connectivity index (χ3n) is 9.28. The molecule has 0 radical (unpaired) electrons. The van der Waals surface area contributed by atoms with E-state index in [1.165, 1.54) is 22.7 Å². The molecular weight excluding hydrogens is 735 g/mol. The van der Waals surface area contributed by atoms with Crippen LogP contribution in [0.4, 0.5) is 16.1 Å². The smallest absolute Gasteiger partial charge is 0.280 e. The van der Waals surface area contributed by atoms with Gasteiger partial charge in [-0.25, -0.2) is 15.0 Å². The molecule has 2 amide bonds. The van der Waals surface area contributed by atoms with E-state index in [9.17, 15) is 9.59 Å². The number of pyridine rings is 2. The van der Waals surface area contributed by atoms with Crippen LogP contribution >= 0.6 is 22.7 Å². The van der Waals surface area contributed by atoms with Crippen molar-refractivity contribution in [3.8, 4) is 22.6 Å². The summed E-state index contributed by atoms with van der Waals surface area (Å²) in [4.78, 5) is 41.6. The molecule has 12 nitrogen and oxygen atoms in total. The molecule has 1 fully saturated rings. The number of carbonyl (C=O) groups is 2. The van der Waals surface area contributed by atoms with Crippen LogP contribution in [0.15, 0.2) is 104 Å². The Hall–Kier alpha value is -5.96. The van der Waals surface area contributed by atoms with Crippen molar-refractivity contribution in [2.45, 2.75) is 25.5 Å². The number of amides is 2. The largest absolute Gasteiger partial charge is 0.497 e. The molecule has 1 unspecified atom stereocenters. The van der Waals surface area contributed by atoms with Crippen LogP contribution in [0.1, 0.15) is 23.8 Å². The number of anilines is 3. The first-order chi connectivity index (χ1) is 26.9. The molecule has 278 valence electrons. The van der Waals surface area contributed by atoms with Crippen LogP contribution in [0.5, 0.6) is 11.5 Å². The molecule has 3 aromatic carbocycles. The number of nitrogens with zero attached hydrogens (tertiary/aromatic N) is 5. The fourth-order valence-corrected chi connectivity index (χ4v) is 8.23. The number of benzene rings is 3. The van der Waals surface area contributed by atoms with Crippen LogP contribution < -0.4 is 29.6 Å². The minimum Gasteiger partial charge on any atom is -0.497 e. The second-order valence-corrected chi connectivity index (χ2v) is 15.1. The molecule has 1 aliphatic rings. The van der Waals surface area contributed by atoms with Gasteiger partial charge in [-0.3, -0.25) is 9.59 Å². The number of methoxy groups -OCH3 is 2. The number of hydrogen-bond acceptors (Lipinski definition) is 11. The molecule has 4 aromatic heterocycles. The Bertz CT molecular complexity index is 2450. The van der Waals surface area contributed by atoms with Gasteiger partial charge < -0.3 is 29.7 Å². The third kappa shape index (κ3) is 8.56. The normalized spacial score (nSPS) is 14.4. The van der Waals surface area contributed by atoms with Crippen LogP contribution in [-0.4, -0.2) is 60.7 Å². The summed E-state index contributed by atoms with van der Waals surface area (Å²) in [6.07, 6.45) is 6.95. The molecule has 0 saturated carbocycles. The highest BCUT2D eigenvalue weighted by molar-refractivity contribution is 7.22. The number of nitrogens with one attached hydrogen (secondary N) is 2. The number of aromatic nitrogens is 4. The predicted octanol–water partition coefficient (Wildman–Crippen LogP) is 7.06. The molecule has 8 rings (SSSR count). The maximum absolute atomic E-state index is 12.8. The summed E-state index contributed by atoms with van der Waals surface area (Å²) in [6.45, 7) is 2.07. The molecular formula is C41H38N7O5S2+. The van der Waals surface area contributed by atoms with Crippen molar-refractivity contribution >= 4 is 71.0 Å². The van der Waals surface area contributed by atoms with Crippen molar-refractivity contribution < 1.29 is 28.4 Å². The highest BCUT2D eigenvalue weighted by Crippen LogP contribution is 2.31. The van der Waals surface area contributed by atoms with E-state index in [1.807, 2.05) is 85.2 Å². The van der Waals surface area contributed by atoms with Gasteiger partial charge in [-0.1, -0.05) is 53.0 Å². The second-order valence-electron chi connectivity index (χ2n) is 13.0. The molecule has 0 aliphatic carbocycles. The van der Waals surface area contributed by atoms with Crippen molar-refractivity contribution in [2.24, 2.45) is 0 Å². The summed E-state index contributed by atoms with van der Waals surface area (Å²) >= 11 is 2.84. The van der Waals surface area contributed by atoms with Crippen molar-refractivity contribution in [1.29, 1.82) is 0 Å². The molecule has 1 saturated heterocycles. The molecule has 14 heteroatoms. The number of thiazole rings is 2. The Morgan fingerprint density at radius 3 is 1.95 bits per heavy atom. The molecule has 0 spiro atoms. The Morgan fingerprint density at radius 1 is 0.782 bits per heavy atom. The van der Waals surface area contributed by atoms with Crippen molar-refractivity contribution in [3.63, 3.8) is 0 Å². The van der Waals surface area contributed by atoms with Crippen LogP contribution in [-0.2, 0) is 27.2 Å². The summed E-state index contributed by atoms with van der Waals surface area (Å²) < 4.78 is 20.8. The fourth-order valence-electron chi connectivity index (χ4n) is 6.41. The van der Waals surface area contributed by atoms with Gasteiger partial charge in [-0.05, 0) is 71.1 Å². The van der Waals surface area contributed by atoms with Crippen molar-refractivity contribution in [1.82, 2.24) is 15.0 Å². The second kappa shape index (κ2) is 16.2. The van der Waals surface area contributed by atoms with Gasteiger partial charge >= 0.3 is 0 Å². The average molecular weight is 773 g/mol. The van der Waals surface area contributed by atoms with Gasteiger partial charge in [0.15, 0.2) is 22.7 Å². The Kier molecular flexibility index (Phi) is 10.6. The van der Waals surface area contributed by atoms with E-state index in [2.05, 4.69) is 42.2 Å². The Labute approximate surface area is 325 Å². The van der Waals surface area contributed by atoms with E-state index in [0.717, 1.165) is 73.0 Å². The lowest BCUT2D eigenvalue weighted by Crippen LogP contribution is -2.46. The maximum Gasteiger partial charge on any atom is 0.280 e. The number of ether oxygens (including phenoxy) is 3. The van der Waals surface area contributed by atoms with E-state index in [1.54, 1.807) is 20.4 Å². The van der Waals surface area contributed by atoms with Gasteiger partial charge in [0.05, 0.1) is 54.1 Å². The van der Waals surface area contributed by atoms with Crippen LogP contribution in [0.2, 0.25) is 0 Å². The first kappa shape index (κ1) is 36.0. The first-order valence-electron chi connectivity index (χ1n) is 17.8. The summed E-state index contributed by atoms with van der Waals surface area (Å²) in [7, 11) is 3.25. The third-order valence-corrected chi connectivity index (χ3v) is 11.1. The molecule has 2 N–H and O–H groups in total. The zero-order valence-corrected chi connectivity index (χ0v) is 31.9. The maximum atomic E-state index is 12.8. The van der Waals surface area contributed by atoms with Gasteiger partial charge in [0.25, 0.3) is 6.23 Å². The highest BCUT2D eigenvalue weighted by Gasteiger charge is 2.27. The van der Waals surface area contributed by atoms with E-state index in [-0.39, 0.29) is 30.9 Å².